The maximum absolute atomic E-state index is 7.92. The minimum atomic E-state index is -2.37. The Morgan fingerprint density at radius 3 is 2.62 bits per heavy atom. The molecule has 0 aliphatic carbocycles. The zero-order valence-corrected chi connectivity index (χ0v) is 12.7. The highest BCUT2D eigenvalue weighted by molar-refractivity contribution is 6.20. The van der Waals surface area contributed by atoms with Crippen molar-refractivity contribution < 1.29 is 8.53 Å². The summed E-state index contributed by atoms with van der Waals surface area (Å²) >= 11 is 0. The third-order valence-electron chi connectivity index (χ3n) is 4.28. The van der Waals surface area contributed by atoms with Gasteiger partial charge in [0.2, 0.25) is 0 Å². The standard InChI is InChI=1S/C21H14N2O/c1-13-20-19(14-7-2-3-11-18(14)23-13)16-9-6-8-15(21(16)24-20)17-10-4-5-12-22-17/h2-12H,1H3/i1D3. The van der Waals surface area contributed by atoms with Crippen molar-refractivity contribution in [2.45, 2.75) is 6.85 Å². The number of nitrogens with zero attached hydrogens (tertiary/aromatic N) is 2. The predicted octanol–water partition coefficient (Wildman–Crippen LogP) is 5.50. The van der Waals surface area contributed by atoms with Crippen LogP contribution in [0.3, 0.4) is 0 Å². The van der Waals surface area contributed by atoms with Gasteiger partial charge < -0.3 is 4.42 Å². The van der Waals surface area contributed by atoms with Gasteiger partial charge in [-0.15, -0.1) is 0 Å². The van der Waals surface area contributed by atoms with Crippen LogP contribution in [0.25, 0.3) is 44.1 Å². The van der Waals surface area contributed by atoms with Gasteiger partial charge in [-0.05, 0) is 31.1 Å². The number of rotatable bonds is 1. The number of pyridine rings is 2. The van der Waals surface area contributed by atoms with Crippen LogP contribution in [0.2, 0.25) is 0 Å². The van der Waals surface area contributed by atoms with E-state index in [1.54, 1.807) is 6.20 Å². The molecule has 3 aromatic heterocycles. The average Bonchev–Trinajstić information content (AvgIpc) is 3.07. The summed E-state index contributed by atoms with van der Waals surface area (Å²) in [5, 5.41) is 2.51. The van der Waals surface area contributed by atoms with E-state index in [1.807, 2.05) is 60.7 Å². The second kappa shape index (κ2) is 4.90. The van der Waals surface area contributed by atoms with Gasteiger partial charge in [0.1, 0.15) is 5.58 Å². The first-order chi connectivity index (χ1) is 13.0. The lowest BCUT2D eigenvalue weighted by Crippen LogP contribution is -1.84. The number of hydrogen-bond donors (Lipinski definition) is 0. The van der Waals surface area contributed by atoms with Crippen molar-refractivity contribution in [2.24, 2.45) is 0 Å². The summed E-state index contributed by atoms with van der Waals surface area (Å²) in [4.78, 5) is 8.82. The molecule has 0 amide bonds. The molecule has 0 unspecified atom stereocenters. The van der Waals surface area contributed by atoms with Gasteiger partial charge in [0.05, 0.1) is 16.9 Å². The zero-order valence-electron chi connectivity index (χ0n) is 15.7. The molecule has 2 aromatic carbocycles. The number of aryl methyl sites for hydroxylation is 1. The number of furan rings is 1. The molecule has 3 heterocycles. The van der Waals surface area contributed by atoms with Crippen molar-refractivity contribution in [1.29, 1.82) is 0 Å². The van der Waals surface area contributed by atoms with Crippen LogP contribution in [-0.4, -0.2) is 9.97 Å². The Labute approximate surface area is 142 Å². The van der Waals surface area contributed by atoms with Crippen LogP contribution in [-0.2, 0) is 0 Å². The molecule has 5 rings (SSSR count). The molecule has 3 nitrogen and oxygen atoms in total. The van der Waals surface area contributed by atoms with E-state index < -0.39 is 6.85 Å². The number of hydrogen-bond acceptors (Lipinski definition) is 3. The quantitative estimate of drug-likeness (QED) is 0.410. The Kier molecular flexibility index (Phi) is 2.15. The highest BCUT2D eigenvalue weighted by Crippen LogP contribution is 2.39. The zero-order chi connectivity index (χ0) is 18.6. The maximum atomic E-state index is 7.92. The largest absolute Gasteiger partial charge is 0.453 e. The van der Waals surface area contributed by atoms with E-state index in [2.05, 4.69) is 9.97 Å². The molecule has 0 saturated carbocycles. The van der Waals surface area contributed by atoms with Crippen LogP contribution < -0.4 is 0 Å². The monoisotopic (exact) mass is 313 g/mol. The van der Waals surface area contributed by atoms with E-state index in [0.29, 0.717) is 16.7 Å². The summed E-state index contributed by atoms with van der Waals surface area (Å²) < 4.78 is 29.9. The number of para-hydroxylation sites is 2. The molecule has 114 valence electrons. The van der Waals surface area contributed by atoms with Crippen molar-refractivity contribution in [3.63, 3.8) is 0 Å². The fourth-order valence-corrected chi connectivity index (χ4v) is 3.23. The van der Waals surface area contributed by atoms with Gasteiger partial charge in [-0.2, -0.15) is 0 Å². The maximum Gasteiger partial charge on any atom is 0.157 e. The normalized spacial score (nSPS) is 13.9. The molecular formula is C21H14N2O. The van der Waals surface area contributed by atoms with Crippen LogP contribution in [0.4, 0.5) is 0 Å². The summed E-state index contributed by atoms with van der Waals surface area (Å²) in [6.45, 7) is -2.37. The highest BCUT2D eigenvalue weighted by Gasteiger charge is 2.17. The number of benzene rings is 2. The van der Waals surface area contributed by atoms with Crippen molar-refractivity contribution in [3.8, 4) is 11.3 Å². The van der Waals surface area contributed by atoms with Crippen LogP contribution >= 0.6 is 0 Å². The van der Waals surface area contributed by atoms with E-state index in [0.717, 1.165) is 27.4 Å². The van der Waals surface area contributed by atoms with Crippen LogP contribution in [0, 0.1) is 6.85 Å². The first-order valence-electron chi connectivity index (χ1n) is 9.20. The molecule has 24 heavy (non-hydrogen) atoms. The second-order valence-electron chi connectivity index (χ2n) is 5.68. The van der Waals surface area contributed by atoms with E-state index in [1.165, 1.54) is 0 Å². The molecule has 0 radical (unpaired) electrons. The lowest BCUT2D eigenvalue weighted by molar-refractivity contribution is 0.664. The molecule has 0 atom stereocenters. The molecule has 0 saturated heterocycles. The number of fused-ring (bicyclic) bond motifs is 5. The van der Waals surface area contributed by atoms with E-state index >= 15 is 0 Å². The smallest absolute Gasteiger partial charge is 0.157 e. The van der Waals surface area contributed by atoms with Crippen molar-refractivity contribution in [2.75, 3.05) is 0 Å². The average molecular weight is 313 g/mol. The fourth-order valence-electron chi connectivity index (χ4n) is 3.23. The number of aromatic nitrogens is 2. The third-order valence-corrected chi connectivity index (χ3v) is 4.28. The SMILES string of the molecule is [2H]C([2H])([2H])c1nc2ccccc2c2c1oc1c(-c3ccccn3)cccc12. The lowest BCUT2D eigenvalue weighted by Gasteiger charge is -2.01. The summed E-state index contributed by atoms with van der Waals surface area (Å²) in [5.41, 5.74) is 3.16. The Bertz CT molecular complexity index is 1310. The van der Waals surface area contributed by atoms with Crippen molar-refractivity contribution in [1.82, 2.24) is 9.97 Å². The predicted molar refractivity (Wildman–Crippen MR) is 97.0 cm³/mol. The second-order valence-corrected chi connectivity index (χ2v) is 5.68. The molecule has 0 bridgehead atoms. The van der Waals surface area contributed by atoms with Crippen LogP contribution in [0.1, 0.15) is 9.81 Å². The molecule has 3 heteroatoms. The Morgan fingerprint density at radius 2 is 1.75 bits per heavy atom. The van der Waals surface area contributed by atoms with Gasteiger partial charge in [-0.25, -0.2) is 4.98 Å². The molecule has 5 aromatic rings. The summed E-state index contributed by atoms with van der Waals surface area (Å²) in [5.74, 6) is 0. The van der Waals surface area contributed by atoms with Crippen molar-refractivity contribution >= 4 is 32.8 Å². The fraction of sp³-hybridized carbons (Fsp3) is 0.0476. The minimum Gasteiger partial charge on any atom is -0.453 e. The molecule has 0 aliphatic heterocycles. The van der Waals surface area contributed by atoms with Gasteiger partial charge in [0.25, 0.3) is 0 Å². The third kappa shape index (κ3) is 1.78. The van der Waals surface area contributed by atoms with Crippen molar-refractivity contribution in [3.05, 3.63) is 72.6 Å². The summed E-state index contributed by atoms with van der Waals surface area (Å²) in [7, 11) is 0. The Morgan fingerprint density at radius 1 is 0.875 bits per heavy atom. The van der Waals surface area contributed by atoms with Gasteiger partial charge in [-0.3, -0.25) is 4.98 Å². The minimum absolute atomic E-state index is 0.0145. The van der Waals surface area contributed by atoms with Gasteiger partial charge in [0.15, 0.2) is 5.58 Å². The Hall–Kier alpha value is -3.20. The molecule has 0 fully saturated rings. The highest BCUT2D eigenvalue weighted by atomic mass is 16.3. The lowest BCUT2D eigenvalue weighted by atomic mass is 10.0. The first-order valence-corrected chi connectivity index (χ1v) is 7.70. The topological polar surface area (TPSA) is 38.9 Å². The molecule has 0 spiro atoms. The van der Waals surface area contributed by atoms with Crippen LogP contribution in [0.15, 0.2) is 71.3 Å². The van der Waals surface area contributed by atoms with Crippen LogP contribution in [0.5, 0.6) is 0 Å². The molecule has 0 aliphatic rings. The van der Waals surface area contributed by atoms with Gasteiger partial charge >= 0.3 is 0 Å². The Balaban J connectivity index is 2.00. The van der Waals surface area contributed by atoms with Gasteiger partial charge in [-0.1, -0.05) is 36.4 Å². The molecule has 0 N–H and O–H groups in total. The first kappa shape index (κ1) is 10.6. The van der Waals surface area contributed by atoms with E-state index in [-0.39, 0.29) is 5.69 Å². The summed E-state index contributed by atoms with van der Waals surface area (Å²) in [6.07, 6.45) is 1.72. The van der Waals surface area contributed by atoms with E-state index in [4.69, 9.17) is 8.53 Å². The van der Waals surface area contributed by atoms with Gasteiger partial charge in [0, 0.05) is 32.0 Å². The molecular weight excluding hydrogens is 296 g/mol. The summed E-state index contributed by atoms with van der Waals surface area (Å²) in [6, 6.07) is 19.0. The van der Waals surface area contributed by atoms with E-state index in [9.17, 15) is 0 Å².